The molecule has 3 aromatic rings. The monoisotopic (exact) mass is 429 g/mol. The maximum Gasteiger partial charge on any atom is 0.461 e. The lowest BCUT2D eigenvalue weighted by molar-refractivity contribution is 0.103. The van der Waals surface area contributed by atoms with E-state index in [4.69, 9.17) is 23.2 Å². The fourth-order valence-electron chi connectivity index (χ4n) is 3.00. The summed E-state index contributed by atoms with van der Waals surface area (Å²) in [6.45, 7) is 3.56. The largest absolute Gasteiger partial charge is 0.461 e. The quantitative estimate of drug-likeness (QED) is 0.361. The van der Waals surface area contributed by atoms with E-state index in [1.54, 1.807) is 56.3 Å². The van der Waals surface area contributed by atoms with Crippen molar-refractivity contribution >= 4 is 47.6 Å². The van der Waals surface area contributed by atoms with Crippen LogP contribution in [0.5, 0.6) is 0 Å². The van der Waals surface area contributed by atoms with Crippen molar-refractivity contribution in [2.24, 2.45) is 0 Å². The zero-order valence-electron chi connectivity index (χ0n) is 15.2. The first kappa shape index (κ1) is 20.4. The van der Waals surface area contributed by atoms with Crippen LogP contribution in [0.15, 0.2) is 60.7 Å². The van der Waals surface area contributed by atoms with E-state index < -0.39 is 13.3 Å². The Balaban J connectivity index is 2.08. The average molecular weight is 430 g/mol. The third kappa shape index (κ3) is 3.79. The summed E-state index contributed by atoms with van der Waals surface area (Å²) in [7, 11) is -2.60. The maximum absolute atomic E-state index is 13.1. The summed E-state index contributed by atoms with van der Waals surface area (Å²) in [4.78, 5) is 25.8. The first-order chi connectivity index (χ1) is 13.3. The van der Waals surface area contributed by atoms with Gasteiger partial charge in [-0.05, 0) is 37.1 Å². The number of carbonyl (C=O) groups is 2. The third-order valence-electron chi connectivity index (χ3n) is 4.43. The molecule has 0 fully saturated rings. The number of aryl methyl sites for hydroxylation is 2. The lowest BCUT2D eigenvalue weighted by Gasteiger charge is -2.06. The molecule has 6 heteroatoms. The molecule has 3 nitrogen and oxygen atoms in total. The second kappa shape index (κ2) is 8.36. The minimum absolute atomic E-state index is 0.00670. The van der Waals surface area contributed by atoms with Crippen molar-refractivity contribution < 1.29 is 14.2 Å². The predicted molar refractivity (Wildman–Crippen MR) is 114 cm³/mol. The van der Waals surface area contributed by atoms with Crippen LogP contribution in [0.4, 0.5) is 0 Å². The molecular formula is C22H16Cl2O3P+. The van der Waals surface area contributed by atoms with Crippen molar-refractivity contribution in [3.05, 3.63) is 98.5 Å². The lowest BCUT2D eigenvalue weighted by Crippen LogP contribution is -2.13. The number of rotatable bonds is 5. The van der Waals surface area contributed by atoms with Crippen molar-refractivity contribution in [2.75, 3.05) is 0 Å². The molecule has 0 heterocycles. The molecule has 1 atom stereocenters. The molecule has 0 bridgehead atoms. The van der Waals surface area contributed by atoms with Crippen molar-refractivity contribution in [1.29, 1.82) is 0 Å². The summed E-state index contributed by atoms with van der Waals surface area (Å²) in [6, 6.07) is 16.9. The van der Waals surface area contributed by atoms with E-state index in [0.717, 1.165) is 11.1 Å². The van der Waals surface area contributed by atoms with E-state index in [2.05, 4.69) is 0 Å². The highest BCUT2D eigenvalue weighted by Gasteiger charge is 2.40. The van der Waals surface area contributed by atoms with Crippen LogP contribution in [0.3, 0.4) is 0 Å². The highest BCUT2D eigenvalue weighted by molar-refractivity contribution is 7.72. The van der Waals surface area contributed by atoms with Gasteiger partial charge in [0.1, 0.15) is 5.02 Å². The Hall–Kier alpha value is -2.32. The molecule has 0 spiro atoms. The van der Waals surface area contributed by atoms with Crippen LogP contribution in [0.2, 0.25) is 10.0 Å². The molecule has 0 radical (unpaired) electrons. The average Bonchev–Trinajstić information content (AvgIpc) is 2.68. The Bertz CT molecular complexity index is 1090. The molecule has 0 saturated carbocycles. The van der Waals surface area contributed by atoms with Gasteiger partial charge in [0.25, 0.3) is 0 Å². The number of benzene rings is 3. The first-order valence-corrected chi connectivity index (χ1v) is 10.5. The van der Waals surface area contributed by atoms with E-state index in [0.29, 0.717) is 11.1 Å². The van der Waals surface area contributed by atoms with Gasteiger partial charge >= 0.3 is 13.3 Å². The van der Waals surface area contributed by atoms with Crippen molar-refractivity contribution in [3.63, 3.8) is 0 Å². The topological polar surface area (TPSA) is 51.2 Å². The molecule has 1 unspecified atom stereocenters. The molecule has 0 aromatic heterocycles. The first-order valence-electron chi connectivity index (χ1n) is 8.48. The Morgan fingerprint density at radius 1 is 0.821 bits per heavy atom. The van der Waals surface area contributed by atoms with Gasteiger partial charge < -0.3 is 0 Å². The number of hydrogen-bond donors (Lipinski definition) is 0. The zero-order chi connectivity index (χ0) is 20.4. The summed E-state index contributed by atoms with van der Waals surface area (Å²) in [5.41, 5.74) is 1.86. The standard InChI is InChI=1S/C22H16Cl2O3P/c1-13-7-6-8-14(2)18(13)22(26)28(27)21-17(23)12-11-16(19(21)24)20(25)15-9-4-3-5-10-15/h3-12H,1-2H3/q+1. The van der Waals surface area contributed by atoms with Gasteiger partial charge in [0.15, 0.2) is 5.78 Å². The summed E-state index contributed by atoms with van der Waals surface area (Å²) in [5.74, 6) is -0.327. The van der Waals surface area contributed by atoms with Gasteiger partial charge in [-0.1, -0.05) is 76.3 Å². The molecular weight excluding hydrogens is 414 g/mol. The minimum atomic E-state index is -2.60. The van der Waals surface area contributed by atoms with E-state index in [1.807, 2.05) is 6.07 Å². The second-order valence-electron chi connectivity index (χ2n) is 6.32. The fourth-order valence-corrected chi connectivity index (χ4v) is 5.25. The Morgan fingerprint density at radius 2 is 1.43 bits per heavy atom. The molecule has 0 saturated heterocycles. The molecule has 3 rings (SSSR count). The second-order valence-corrected chi connectivity index (χ2v) is 8.55. The smallest absolute Gasteiger partial charge is 0.289 e. The number of carbonyl (C=O) groups excluding carboxylic acids is 2. The SMILES string of the molecule is Cc1cccc(C)c1C(=O)[P+](=O)c1c(Cl)ccc(C(=O)c2ccccc2)c1Cl. The highest BCUT2D eigenvalue weighted by atomic mass is 35.5. The highest BCUT2D eigenvalue weighted by Crippen LogP contribution is 2.36. The van der Waals surface area contributed by atoms with Crippen LogP contribution in [0.1, 0.15) is 37.4 Å². The van der Waals surface area contributed by atoms with Gasteiger partial charge in [-0.15, -0.1) is 0 Å². The summed E-state index contributed by atoms with van der Waals surface area (Å²) in [6.07, 6.45) is 0. The van der Waals surface area contributed by atoms with Gasteiger partial charge in [-0.2, -0.15) is 0 Å². The molecule has 140 valence electrons. The van der Waals surface area contributed by atoms with Crippen LogP contribution in [-0.4, -0.2) is 11.3 Å². The summed E-state index contributed by atoms with van der Waals surface area (Å²) < 4.78 is 13.1. The molecule has 0 aliphatic rings. The minimum Gasteiger partial charge on any atom is -0.289 e. The summed E-state index contributed by atoms with van der Waals surface area (Å²) >= 11 is 12.6. The van der Waals surface area contributed by atoms with E-state index in [1.165, 1.54) is 12.1 Å². The van der Waals surface area contributed by atoms with Crippen LogP contribution < -0.4 is 5.30 Å². The molecule has 0 N–H and O–H groups in total. The number of hydrogen-bond acceptors (Lipinski definition) is 3. The van der Waals surface area contributed by atoms with Gasteiger partial charge in [-0.25, -0.2) is 4.79 Å². The van der Waals surface area contributed by atoms with Gasteiger partial charge in [0, 0.05) is 11.1 Å². The Morgan fingerprint density at radius 3 is 2.04 bits per heavy atom. The lowest BCUT2D eigenvalue weighted by atomic mass is 10.0. The Kier molecular flexibility index (Phi) is 6.10. The summed E-state index contributed by atoms with van der Waals surface area (Å²) in [5, 5.41) is 0.0325. The Labute approximate surface area is 174 Å². The van der Waals surface area contributed by atoms with Crippen LogP contribution >= 0.6 is 31.0 Å². The molecule has 0 aliphatic heterocycles. The van der Waals surface area contributed by atoms with Gasteiger partial charge in [0.2, 0.25) is 5.30 Å². The van der Waals surface area contributed by atoms with E-state index >= 15 is 0 Å². The predicted octanol–water partition coefficient (Wildman–Crippen LogP) is 6.13. The third-order valence-corrected chi connectivity index (χ3v) is 6.86. The van der Waals surface area contributed by atoms with Crippen LogP contribution in [0.25, 0.3) is 0 Å². The van der Waals surface area contributed by atoms with Gasteiger partial charge in [0.05, 0.1) is 10.6 Å². The molecule has 28 heavy (non-hydrogen) atoms. The van der Waals surface area contributed by atoms with Crippen molar-refractivity contribution in [3.8, 4) is 0 Å². The molecule has 3 aromatic carbocycles. The van der Waals surface area contributed by atoms with Gasteiger partial charge in [-0.3, -0.25) is 4.79 Å². The zero-order valence-corrected chi connectivity index (χ0v) is 17.6. The fraction of sp³-hybridized carbons (Fsp3) is 0.0909. The molecule has 0 aliphatic carbocycles. The van der Waals surface area contributed by atoms with Crippen molar-refractivity contribution in [2.45, 2.75) is 13.8 Å². The van der Waals surface area contributed by atoms with E-state index in [-0.39, 0.29) is 26.7 Å². The van der Waals surface area contributed by atoms with E-state index in [9.17, 15) is 14.2 Å². The van der Waals surface area contributed by atoms with Crippen LogP contribution in [0, 0.1) is 13.8 Å². The number of ketones is 1. The van der Waals surface area contributed by atoms with Crippen LogP contribution in [-0.2, 0) is 4.57 Å². The normalized spacial score (nSPS) is 11.2. The number of halogens is 2. The molecule has 0 amide bonds. The van der Waals surface area contributed by atoms with Crippen molar-refractivity contribution in [1.82, 2.24) is 0 Å². The maximum atomic E-state index is 13.1.